The summed E-state index contributed by atoms with van der Waals surface area (Å²) in [7, 11) is 8.30. The summed E-state index contributed by atoms with van der Waals surface area (Å²) >= 11 is 0. The highest BCUT2D eigenvalue weighted by molar-refractivity contribution is 5.80. The second-order valence-corrected chi connectivity index (χ2v) is 5.65. The summed E-state index contributed by atoms with van der Waals surface area (Å²) in [6.45, 7) is 0. The van der Waals surface area contributed by atoms with Gasteiger partial charge in [0.15, 0.2) is 30.0 Å². The van der Waals surface area contributed by atoms with Crippen LogP contribution in [0.25, 0.3) is 22.5 Å². The van der Waals surface area contributed by atoms with Crippen LogP contribution in [0.2, 0.25) is 0 Å². The first kappa shape index (κ1) is 17.7. The molecule has 2 aromatic carbocycles. The van der Waals surface area contributed by atoms with Gasteiger partial charge in [0.05, 0.1) is 28.4 Å². The van der Waals surface area contributed by atoms with Crippen LogP contribution < -0.4 is 23.7 Å². The Morgan fingerprint density at radius 2 is 1.19 bits per heavy atom. The first-order chi connectivity index (χ1) is 12.6. The van der Waals surface area contributed by atoms with Gasteiger partial charge in [-0.1, -0.05) is 6.07 Å². The molecule has 0 N–H and O–H groups in total. The average molecular weight is 356 g/mol. The van der Waals surface area contributed by atoms with Gasteiger partial charge in [-0.05, 0) is 40.6 Å². The molecule has 0 atom stereocenters. The lowest BCUT2D eigenvalue weighted by atomic mass is 10.0. The van der Waals surface area contributed by atoms with E-state index in [1.807, 2.05) is 49.6 Å². The van der Waals surface area contributed by atoms with Crippen LogP contribution in [0.5, 0.6) is 23.0 Å². The van der Waals surface area contributed by atoms with Crippen molar-refractivity contribution < 1.29 is 28.2 Å². The van der Waals surface area contributed by atoms with Crippen LogP contribution in [0.1, 0.15) is 0 Å². The van der Waals surface area contributed by atoms with E-state index < -0.39 is 0 Å². The van der Waals surface area contributed by atoms with Crippen LogP contribution in [0.3, 0.4) is 0 Å². The third-order valence-corrected chi connectivity index (χ3v) is 4.13. The van der Waals surface area contributed by atoms with E-state index in [9.17, 15) is 0 Å². The topological polar surface area (TPSA) is 53.9 Å². The maximum Gasteiger partial charge on any atom is 0.227 e. The third kappa shape index (κ3) is 3.18. The molecule has 0 spiro atoms. The zero-order valence-electron chi connectivity index (χ0n) is 15.5. The molecule has 6 nitrogen and oxygen atoms in total. The predicted octanol–water partition coefficient (Wildman–Crippen LogP) is 3.47. The molecule has 0 bridgehead atoms. The molecular formula is C20H22NO5+. The fourth-order valence-electron chi connectivity index (χ4n) is 2.86. The van der Waals surface area contributed by atoms with E-state index in [0.717, 1.165) is 22.5 Å². The van der Waals surface area contributed by atoms with Gasteiger partial charge >= 0.3 is 0 Å². The van der Waals surface area contributed by atoms with Crippen LogP contribution in [0, 0.1) is 0 Å². The number of aromatic nitrogens is 1. The zero-order valence-corrected chi connectivity index (χ0v) is 15.5. The lowest BCUT2D eigenvalue weighted by Gasteiger charge is -2.10. The molecule has 0 aliphatic carbocycles. The number of benzene rings is 2. The van der Waals surface area contributed by atoms with Crippen molar-refractivity contribution in [1.29, 1.82) is 0 Å². The van der Waals surface area contributed by atoms with Gasteiger partial charge in [-0.2, -0.15) is 0 Å². The Morgan fingerprint density at radius 1 is 0.692 bits per heavy atom. The highest BCUT2D eigenvalue weighted by Crippen LogP contribution is 2.39. The highest BCUT2D eigenvalue weighted by atomic mass is 16.5. The Balaban J connectivity index is 2.12. The number of rotatable bonds is 6. The third-order valence-electron chi connectivity index (χ3n) is 4.13. The molecule has 0 aliphatic heterocycles. The number of hydrogen-bond donors (Lipinski definition) is 0. The summed E-state index contributed by atoms with van der Waals surface area (Å²) in [4.78, 5) is 0. The van der Waals surface area contributed by atoms with Crippen LogP contribution >= 0.6 is 0 Å². The number of nitrogens with zero attached hydrogens (tertiary/aromatic N) is 1. The van der Waals surface area contributed by atoms with Crippen molar-refractivity contribution in [1.82, 2.24) is 0 Å². The minimum atomic E-state index is 0.641. The standard InChI is InChI=1S/C20H22NO5/c1-21-12-15(13-6-8-16(22-2)18(10-13)24-4)20(26-21)14-7-9-17(23-3)19(11-14)25-5/h6-12H,1-5H3/q+1. The maximum atomic E-state index is 5.91. The Kier molecular flexibility index (Phi) is 5.02. The molecule has 0 fully saturated rings. The summed E-state index contributed by atoms with van der Waals surface area (Å²) in [5, 5.41) is 0. The summed E-state index contributed by atoms with van der Waals surface area (Å²) in [5.74, 6) is 3.37. The molecule has 1 aromatic heterocycles. The Labute approximate surface area is 152 Å². The van der Waals surface area contributed by atoms with Gasteiger partial charge in [0.1, 0.15) is 5.56 Å². The van der Waals surface area contributed by atoms with Crippen molar-refractivity contribution in [3.63, 3.8) is 0 Å². The number of ether oxygens (including phenoxy) is 4. The van der Waals surface area contributed by atoms with Crippen molar-refractivity contribution in [3.05, 3.63) is 42.6 Å². The average Bonchev–Trinajstić information content (AvgIpc) is 3.08. The van der Waals surface area contributed by atoms with E-state index >= 15 is 0 Å². The first-order valence-corrected chi connectivity index (χ1v) is 8.06. The Hall–Kier alpha value is -3.15. The smallest absolute Gasteiger partial charge is 0.227 e. The number of hydrogen-bond acceptors (Lipinski definition) is 5. The first-order valence-electron chi connectivity index (χ1n) is 8.06. The maximum absolute atomic E-state index is 5.91. The van der Waals surface area contributed by atoms with Gasteiger partial charge in [-0.3, -0.25) is 0 Å². The van der Waals surface area contributed by atoms with Gasteiger partial charge in [0.25, 0.3) is 0 Å². The molecule has 0 amide bonds. The molecule has 6 heteroatoms. The minimum Gasteiger partial charge on any atom is -0.493 e. The number of aryl methyl sites for hydroxylation is 1. The van der Waals surface area contributed by atoms with Crippen LogP contribution in [-0.2, 0) is 7.05 Å². The SMILES string of the molecule is COc1ccc(-c2c[n+](C)oc2-c2ccc(OC)c(OC)c2)cc1OC. The summed E-state index contributed by atoms with van der Waals surface area (Å²) in [6.07, 6.45) is 1.92. The van der Waals surface area contributed by atoms with Crippen LogP contribution in [0.4, 0.5) is 0 Å². The molecule has 26 heavy (non-hydrogen) atoms. The molecule has 0 saturated heterocycles. The molecule has 0 saturated carbocycles. The van der Waals surface area contributed by atoms with Crippen molar-refractivity contribution in [3.8, 4) is 45.4 Å². The van der Waals surface area contributed by atoms with Gasteiger partial charge in [-0.25, -0.2) is 4.52 Å². The fourth-order valence-corrected chi connectivity index (χ4v) is 2.86. The quantitative estimate of drug-likeness (QED) is 0.633. The summed E-state index contributed by atoms with van der Waals surface area (Å²) in [5.41, 5.74) is 2.77. The summed E-state index contributed by atoms with van der Waals surface area (Å²) < 4.78 is 29.0. The lowest BCUT2D eigenvalue weighted by Crippen LogP contribution is -2.22. The molecular weight excluding hydrogens is 334 g/mol. The van der Waals surface area contributed by atoms with Gasteiger partial charge < -0.3 is 18.9 Å². The van der Waals surface area contributed by atoms with Gasteiger partial charge in [0, 0.05) is 5.56 Å². The van der Waals surface area contributed by atoms with E-state index in [2.05, 4.69) is 0 Å². The molecule has 3 aromatic rings. The lowest BCUT2D eigenvalue weighted by molar-refractivity contribution is -0.843. The monoisotopic (exact) mass is 356 g/mol. The predicted molar refractivity (Wildman–Crippen MR) is 97.0 cm³/mol. The molecule has 136 valence electrons. The van der Waals surface area contributed by atoms with Crippen molar-refractivity contribution in [2.75, 3.05) is 28.4 Å². The Bertz CT molecular complexity index is 844. The fraction of sp³-hybridized carbons (Fsp3) is 0.250. The molecule has 1 heterocycles. The van der Waals surface area contributed by atoms with E-state index in [0.29, 0.717) is 23.0 Å². The largest absolute Gasteiger partial charge is 0.493 e. The van der Waals surface area contributed by atoms with Crippen LogP contribution in [-0.4, -0.2) is 28.4 Å². The summed E-state index contributed by atoms with van der Waals surface area (Å²) in [6, 6.07) is 11.4. The van der Waals surface area contributed by atoms with Gasteiger partial charge in [0.2, 0.25) is 12.0 Å². The Morgan fingerprint density at radius 3 is 1.73 bits per heavy atom. The minimum absolute atomic E-state index is 0.641. The van der Waals surface area contributed by atoms with Gasteiger partial charge in [-0.15, -0.1) is 0 Å². The molecule has 3 rings (SSSR count). The van der Waals surface area contributed by atoms with Crippen LogP contribution in [0.15, 0.2) is 47.1 Å². The number of methoxy groups -OCH3 is 4. The second kappa shape index (κ2) is 7.39. The van der Waals surface area contributed by atoms with E-state index in [1.54, 1.807) is 33.2 Å². The zero-order chi connectivity index (χ0) is 18.7. The van der Waals surface area contributed by atoms with Crippen molar-refractivity contribution in [2.45, 2.75) is 0 Å². The highest BCUT2D eigenvalue weighted by Gasteiger charge is 2.22. The molecule has 0 aliphatic rings. The normalized spacial score (nSPS) is 10.5. The van der Waals surface area contributed by atoms with E-state index in [1.165, 1.54) is 0 Å². The molecule has 0 unspecified atom stereocenters. The van der Waals surface area contributed by atoms with E-state index in [4.69, 9.17) is 23.5 Å². The van der Waals surface area contributed by atoms with Crippen molar-refractivity contribution in [2.24, 2.45) is 7.05 Å². The molecule has 0 radical (unpaired) electrons. The van der Waals surface area contributed by atoms with E-state index in [-0.39, 0.29) is 0 Å². The second-order valence-electron chi connectivity index (χ2n) is 5.65. The van der Waals surface area contributed by atoms with Crippen molar-refractivity contribution >= 4 is 0 Å².